The number of nitrogens with one attached hydrogen (secondary N) is 2. The third-order valence-corrected chi connectivity index (χ3v) is 4.83. The van der Waals surface area contributed by atoms with Crippen molar-refractivity contribution < 1.29 is 9.59 Å². The number of anilines is 2. The molecule has 0 spiro atoms. The van der Waals surface area contributed by atoms with E-state index >= 15 is 0 Å². The van der Waals surface area contributed by atoms with Crippen LogP contribution in [0.25, 0.3) is 11.1 Å². The highest BCUT2D eigenvalue weighted by molar-refractivity contribution is 6.06. The van der Waals surface area contributed by atoms with Gasteiger partial charge in [0.15, 0.2) is 5.78 Å². The Morgan fingerprint density at radius 3 is 1.86 bits per heavy atom. The number of rotatable bonds is 5. The molecule has 0 atom stereocenters. The summed E-state index contributed by atoms with van der Waals surface area (Å²) in [5.74, 6) is -0.289. The van der Waals surface area contributed by atoms with Crippen LogP contribution in [0.1, 0.15) is 38.8 Å². The molecule has 28 heavy (non-hydrogen) atoms. The van der Waals surface area contributed by atoms with E-state index < -0.39 is 0 Å². The number of carbonyl (C=O) groups is 2. The standard InChI is InChI=1S/C24H24N2O2/c1-15-12-19(8-10-22(15)25-4)20-9-11-23(16(2)13-20)26-24(28)21-7-5-6-18(14-21)17(3)27/h5-14,25H,1-4H3,(H,26,28). The second-order valence-electron chi connectivity index (χ2n) is 6.90. The van der Waals surface area contributed by atoms with E-state index in [0.717, 1.165) is 28.1 Å². The zero-order valence-corrected chi connectivity index (χ0v) is 16.6. The molecule has 0 unspecified atom stereocenters. The lowest BCUT2D eigenvalue weighted by Gasteiger charge is -2.12. The van der Waals surface area contributed by atoms with Crippen molar-refractivity contribution in [2.24, 2.45) is 0 Å². The van der Waals surface area contributed by atoms with E-state index in [0.29, 0.717) is 11.1 Å². The van der Waals surface area contributed by atoms with Crippen LogP contribution in [0.5, 0.6) is 0 Å². The van der Waals surface area contributed by atoms with E-state index in [1.165, 1.54) is 12.5 Å². The van der Waals surface area contributed by atoms with E-state index in [1.807, 2.05) is 26.1 Å². The Bertz CT molecular complexity index is 1050. The molecule has 0 radical (unpaired) electrons. The fourth-order valence-electron chi connectivity index (χ4n) is 3.18. The van der Waals surface area contributed by atoms with Crippen molar-refractivity contribution in [1.82, 2.24) is 0 Å². The van der Waals surface area contributed by atoms with Crippen LogP contribution in [0.2, 0.25) is 0 Å². The summed E-state index contributed by atoms with van der Waals surface area (Å²) in [4.78, 5) is 24.1. The van der Waals surface area contributed by atoms with Gasteiger partial charge in [-0.15, -0.1) is 0 Å². The average molecular weight is 372 g/mol. The molecular formula is C24H24N2O2. The second-order valence-corrected chi connectivity index (χ2v) is 6.90. The second kappa shape index (κ2) is 8.09. The van der Waals surface area contributed by atoms with Gasteiger partial charge in [-0.25, -0.2) is 0 Å². The molecule has 0 aliphatic heterocycles. The third-order valence-electron chi connectivity index (χ3n) is 4.83. The predicted molar refractivity (Wildman–Crippen MR) is 115 cm³/mol. The van der Waals surface area contributed by atoms with Gasteiger partial charge in [-0.05, 0) is 79.4 Å². The number of hydrogen-bond donors (Lipinski definition) is 2. The largest absolute Gasteiger partial charge is 0.388 e. The molecule has 0 aromatic heterocycles. The van der Waals surface area contributed by atoms with Crippen molar-refractivity contribution >= 4 is 23.1 Å². The first-order valence-electron chi connectivity index (χ1n) is 9.21. The summed E-state index contributed by atoms with van der Waals surface area (Å²) >= 11 is 0. The number of ketones is 1. The first-order valence-corrected chi connectivity index (χ1v) is 9.21. The summed E-state index contributed by atoms with van der Waals surface area (Å²) in [6.45, 7) is 5.54. The zero-order valence-electron chi connectivity index (χ0n) is 16.6. The maximum Gasteiger partial charge on any atom is 0.255 e. The summed E-state index contributed by atoms with van der Waals surface area (Å²) in [7, 11) is 1.91. The molecule has 142 valence electrons. The molecule has 4 nitrogen and oxygen atoms in total. The first kappa shape index (κ1) is 19.4. The highest BCUT2D eigenvalue weighted by atomic mass is 16.1. The molecule has 0 aliphatic rings. The van der Waals surface area contributed by atoms with Crippen molar-refractivity contribution in [2.75, 3.05) is 17.7 Å². The maximum atomic E-state index is 12.6. The Hall–Kier alpha value is -3.40. The molecule has 4 heteroatoms. The number of carbonyl (C=O) groups excluding carboxylic acids is 2. The normalized spacial score (nSPS) is 10.4. The third kappa shape index (κ3) is 4.12. The Balaban J connectivity index is 1.83. The van der Waals surface area contributed by atoms with Gasteiger partial charge < -0.3 is 10.6 Å². The molecule has 0 bridgehead atoms. The van der Waals surface area contributed by atoms with Gasteiger partial charge >= 0.3 is 0 Å². The quantitative estimate of drug-likeness (QED) is 0.584. The topological polar surface area (TPSA) is 58.2 Å². The van der Waals surface area contributed by atoms with Gasteiger partial charge in [-0.1, -0.05) is 24.3 Å². The zero-order chi connectivity index (χ0) is 20.3. The number of benzene rings is 3. The van der Waals surface area contributed by atoms with Gasteiger partial charge in [-0.2, -0.15) is 0 Å². The van der Waals surface area contributed by atoms with Crippen LogP contribution in [0.4, 0.5) is 11.4 Å². The lowest BCUT2D eigenvalue weighted by molar-refractivity contribution is 0.101. The monoisotopic (exact) mass is 372 g/mol. The minimum Gasteiger partial charge on any atom is -0.388 e. The smallest absolute Gasteiger partial charge is 0.255 e. The SMILES string of the molecule is CNc1ccc(-c2ccc(NC(=O)c3cccc(C(C)=O)c3)c(C)c2)cc1C. The van der Waals surface area contributed by atoms with Crippen LogP contribution in [0, 0.1) is 13.8 Å². The molecule has 3 aromatic carbocycles. The van der Waals surface area contributed by atoms with Crippen LogP contribution >= 0.6 is 0 Å². The van der Waals surface area contributed by atoms with Crippen molar-refractivity contribution in [3.63, 3.8) is 0 Å². The Kier molecular flexibility index (Phi) is 5.59. The van der Waals surface area contributed by atoms with Gasteiger partial charge in [0, 0.05) is 29.5 Å². The fourth-order valence-corrected chi connectivity index (χ4v) is 3.18. The molecule has 0 aliphatic carbocycles. The van der Waals surface area contributed by atoms with Crippen LogP contribution in [0.15, 0.2) is 60.7 Å². The van der Waals surface area contributed by atoms with Gasteiger partial charge in [0.25, 0.3) is 5.91 Å². The van der Waals surface area contributed by atoms with Crippen molar-refractivity contribution in [3.8, 4) is 11.1 Å². The molecule has 3 aromatic rings. The molecule has 0 fully saturated rings. The summed E-state index contributed by atoms with van der Waals surface area (Å²) in [5.41, 5.74) is 7.24. The average Bonchev–Trinajstić information content (AvgIpc) is 2.69. The molecule has 2 N–H and O–H groups in total. The summed E-state index contributed by atoms with van der Waals surface area (Å²) < 4.78 is 0. The van der Waals surface area contributed by atoms with E-state index in [4.69, 9.17) is 0 Å². The van der Waals surface area contributed by atoms with Crippen molar-refractivity contribution in [3.05, 3.63) is 82.9 Å². The summed E-state index contributed by atoms with van der Waals surface area (Å²) in [6, 6.07) is 19.0. The van der Waals surface area contributed by atoms with Crippen LogP contribution in [-0.4, -0.2) is 18.7 Å². The minimum atomic E-state index is -0.229. The maximum absolute atomic E-state index is 12.6. The molecule has 3 rings (SSSR count). The Morgan fingerprint density at radius 2 is 1.32 bits per heavy atom. The van der Waals surface area contributed by atoms with Crippen LogP contribution < -0.4 is 10.6 Å². The van der Waals surface area contributed by atoms with Crippen LogP contribution in [0.3, 0.4) is 0 Å². The Labute approximate surface area is 165 Å². The molecule has 1 amide bonds. The lowest BCUT2D eigenvalue weighted by atomic mass is 10.00. The van der Waals surface area contributed by atoms with Crippen molar-refractivity contribution in [2.45, 2.75) is 20.8 Å². The molecule has 0 saturated carbocycles. The van der Waals surface area contributed by atoms with Gasteiger partial charge in [0.05, 0.1) is 0 Å². The van der Waals surface area contributed by atoms with E-state index in [2.05, 4.69) is 41.8 Å². The first-order chi connectivity index (χ1) is 13.4. The van der Waals surface area contributed by atoms with Gasteiger partial charge in [0.2, 0.25) is 0 Å². The van der Waals surface area contributed by atoms with Gasteiger partial charge in [-0.3, -0.25) is 9.59 Å². The van der Waals surface area contributed by atoms with E-state index in [-0.39, 0.29) is 11.7 Å². The summed E-state index contributed by atoms with van der Waals surface area (Å²) in [5, 5.41) is 6.11. The summed E-state index contributed by atoms with van der Waals surface area (Å²) in [6.07, 6.45) is 0. The number of hydrogen-bond acceptors (Lipinski definition) is 3. The molecule has 0 heterocycles. The predicted octanol–water partition coefficient (Wildman–Crippen LogP) is 5.47. The molecular weight excluding hydrogens is 348 g/mol. The minimum absolute atomic E-state index is 0.0604. The number of aryl methyl sites for hydroxylation is 2. The fraction of sp³-hybridized carbons (Fsp3) is 0.167. The van der Waals surface area contributed by atoms with E-state index in [1.54, 1.807) is 24.3 Å². The number of Topliss-reactive ketones (excluding diaryl/α,β-unsaturated/α-hetero) is 1. The van der Waals surface area contributed by atoms with Crippen molar-refractivity contribution in [1.29, 1.82) is 0 Å². The van der Waals surface area contributed by atoms with Crippen LogP contribution in [-0.2, 0) is 0 Å². The highest BCUT2D eigenvalue weighted by Crippen LogP contribution is 2.28. The Morgan fingerprint density at radius 1 is 0.750 bits per heavy atom. The van der Waals surface area contributed by atoms with Gasteiger partial charge in [0.1, 0.15) is 0 Å². The lowest BCUT2D eigenvalue weighted by Crippen LogP contribution is -2.13. The highest BCUT2D eigenvalue weighted by Gasteiger charge is 2.11. The molecule has 0 saturated heterocycles. The number of amides is 1. The van der Waals surface area contributed by atoms with E-state index in [9.17, 15) is 9.59 Å².